The lowest BCUT2D eigenvalue weighted by Crippen LogP contribution is -2.48. The molecule has 1 aliphatic carbocycles. The molecular weight excluding hydrogens is 248 g/mol. The Morgan fingerprint density at radius 3 is 2.60 bits per heavy atom. The van der Waals surface area contributed by atoms with Crippen molar-refractivity contribution in [2.75, 3.05) is 17.2 Å². The Hall–Kier alpha value is -1.19. The van der Waals surface area contributed by atoms with Gasteiger partial charge in [0.1, 0.15) is 0 Å². The monoisotopic (exact) mass is 276 g/mol. The summed E-state index contributed by atoms with van der Waals surface area (Å²) >= 11 is 0. The molecule has 2 fully saturated rings. The molecule has 4 heteroatoms. The summed E-state index contributed by atoms with van der Waals surface area (Å²) in [5.74, 6) is 2.06. The van der Waals surface area contributed by atoms with E-state index in [0.29, 0.717) is 12.1 Å². The lowest BCUT2D eigenvalue weighted by Gasteiger charge is -2.45. The van der Waals surface area contributed by atoms with Crippen molar-refractivity contribution in [3.8, 4) is 0 Å². The van der Waals surface area contributed by atoms with E-state index < -0.39 is 0 Å². The minimum absolute atomic E-state index is 0.366. The summed E-state index contributed by atoms with van der Waals surface area (Å²) in [5, 5.41) is 4.67. The van der Waals surface area contributed by atoms with Crippen LogP contribution in [-0.2, 0) is 0 Å². The van der Waals surface area contributed by atoms with Crippen molar-refractivity contribution < 1.29 is 0 Å². The molecule has 2 aliphatic rings. The number of hydrogen-bond donors (Lipinski definition) is 1. The van der Waals surface area contributed by atoms with Crippen LogP contribution in [-0.4, -0.2) is 22.4 Å². The van der Waals surface area contributed by atoms with E-state index in [-0.39, 0.29) is 0 Å². The molecule has 112 valence electrons. The number of nitrogens with zero attached hydrogens (tertiary/aromatic N) is 3. The zero-order valence-electron chi connectivity index (χ0n) is 13.1. The number of anilines is 2. The van der Waals surface area contributed by atoms with Gasteiger partial charge in [-0.1, -0.05) is 12.8 Å². The van der Waals surface area contributed by atoms with Gasteiger partial charge in [0.25, 0.3) is 0 Å². The van der Waals surface area contributed by atoms with Gasteiger partial charge < -0.3 is 10.6 Å². The lowest BCUT2D eigenvalue weighted by atomic mass is 9.78. The number of aromatic nitrogens is 2. The minimum Gasteiger partial charge on any atom is -0.394 e. The normalized spacial score (nSPS) is 26.9. The quantitative estimate of drug-likeness (QED) is 0.899. The molecular formula is C16H28N4. The molecule has 0 aromatic carbocycles. The number of nitrogen functional groups attached to an aromatic ring is 1. The SMILES string of the molecule is Cc1nn(C(C)C)c(N2CCCC3CCCCC32)c1N. The van der Waals surface area contributed by atoms with Gasteiger partial charge in [-0.25, -0.2) is 4.68 Å². The van der Waals surface area contributed by atoms with Crippen molar-refractivity contribution in [2.24, 2.45) is 5.92 Å². The highest BCUT2D eigenvalue weighted by Crippen LogP contribution is 2.40. The molecule has 2 unspecified atom stereocenters. The Balaban J connectivity index is 1.98. The second-order valence-corrected chi connectivity index (χ2v) is 6.81. The van der Waals surface area contributed by atoms with E-state index in [4.69, 9.17) is 5.73 Å². The van der Waals surface area contributed by atoms with Gasteiger partial charge in [0, 0.05) is 18.6 Å². The third-order valence-electron chi connectivity index (χ3n) is 5.11. The zero-order valence-corrected chi connectivity index (χ0v) is 13.1. The van der Waals surface area contributed by atoms with Crippen molar-refractivity contribution in [1.29, 1.82) is 0 Å². The van der Waals surface area contributed by atoms with Gasteiger partial charge in [0.2, 0.25) is 0 Å². The molecule has 3 rings (SSSR count). The van der Waals surface area contributed by atoms with Gasteiger partial charge in [0.15, 0.2) is 5.82 Å². The first-order valence-electron chi connectivity index (χ1n) is 8.20. The highest BCUT2D eigenvalue weighted by atomic mass is 15.4. The highest BCUT2D eigenvalue weighted by molar-refractivity contribution is 5.67. The first-order chi connectivity index (χ1) is 9.59. The van der Waals surface area contributed by atoms with Crippen LogP contribution in [0.5, 0.6) is 0 Å². The molecule has 0 amide bonds. The maximum absolute atomic E-state index is 6.37. The van der Waals surface area contributed by atoms with Crippen LogP contribution in [0.4, 0.5) is 11.5 Å². The Morgan fingerprint density at radius 2 is 1.85 bits per heavy atom. The summed E-state index contributed by atoms with van der Waals surface area (Å²) in [6.07, 6.45) is 8.19. The van der Waals surface area contributed by atoms with Crippen molar-refractivity contribution >= 4 is 11.5 Å². The maximum atomic E-state index is 6.37. The van der Waals surface area contributed by atoms with Crippen LogP contribution < -0.4 is 10.6 Å². The fourth-order valence-corrected chi connectivity index (χ4v) is 4.08. The third kappa shape index (κ3) is 2.19. The molecule has 0 bridgehead atoms. The number of piperidine rings is 1. The van der Waals surface area contributed by atoms with Crippen molar-refractivity contribution in [1.82, 2.24) is 9.78 Å². The Bertz CT molecular complexity index is 475. The molecule has 20 heavy (non-hydrogen) atoms. The van der Waals surface area contributed by atoms with Crippen molar-refractivity contribution in [2.45, 2.75) is 71.4 Å². The van der Waals surface area contributed by atoms with E-state index in [1.54, 1.807) is 0 Å². The lowest BCUT2D eigenvalue weighted by molar-refractivity contribution is 0.240. The molecule has 4 nitrogen and oxygen atoms in total. The second-order valence-electron chi connectivity index (χ2n) is 6.81. The van der Waals surface area contributed by atoms with Gasteiger partial charge in [0.05, 0.1) is 11.4 Å². The van der Waals surface area contributed by atoms with Crippen LogP contribution in [0.15, 0.2) is 0 Å². The summed E-state index contributed by atoms with van der Waals surface area (Å²) in [4.78, 5) is 2.59. The van der Waals surface area contributed by atoms with E-state index in [1.165, 1.54) is 44.3 Å². The molecule has 1 aromatic heterocycles. The smallest absolute Gasteiger partial charge is 0.151 e. The average molecular weight is 276 g/mol. The summed E-state index contributed by atoms with van der Waals surface area (Å²) in [6.45, 7) is 7.55. The minimum atomic E-state index is 0.366. The molecule has 1 saturated heterocycles. The molecule has 2 N–H and O–H groups in total. The number of hydrogen-bond acceptors (Lipinski definition) is 3. The Labute approximate surface area is 122 Å². The predicted molar refractivity (Wildman–Crippen MR) is 84.1 cm³/mol. The van der Waals surface area contributed by atoms with Crippen LogP contribution >= 0.6 is 0 Å². The fraction of sp³-hybridized carbons (Fsp3) is 0.812. The average Bonchev–Trinajstić information content (AvgIpc) is 2.75. The summed E-state index contributed by atoms with van der Waals surface area (Å²) < 4.78 is 2.14. The van der Waals surface area contributed by atoms with Gasteiger partial charge in [-0.05, 0) is 52.4 Å². The van der Waals surface area contributed by atoms with E-state index in [0.717, 1.165) is 23.8 Å². The summed E-state index contributed by atoms with van der Waals surface area (Å²) in [6, 6.07) is 1.05. The van der Waals surface area contributed by atoms with Gasteiger partial charge in [-0.2, -0.15) is 5.10 Å². The van der Waals surface area contributed by atoms with Crippen molar-refractivity contribution in [3.63, 3.8) is 0 Å². The zero-order chi connectivity index (χ0) is 14.3. The van der Waals surface area contributed by atoms with Crippen LogP contribution in [0, 0.1) is 12.8 Å². The molecule has 0 spiro atoms. The summed E-state index contributed by atoms with van der Waals surface area (Å²) in [5.41, 5.74) is 8.24. The topological polar surface area (TPSA) is 47.1 Å². The van der Waals surface area contributed by atoms with Crippen LogP contribution in [0.25, 0.3) is 0 Å². The van der Waals surface area contributed by atoms with Gasteiger partial charge in [-0.15, -0.1) is 0 Å². The number of rotatable bonds is 2. The highest BCUT2D eigenvalue weighted by Gasteiger charge is 2.36. The van der Waals surface area contributed by atoms with Gasteiger partial charge in [-0.3, -0.25) is 0 Å². The molecule has 1 aromatic rings. The van der Waals surface area contributed by atoms with E-state index in [9.17, 15) is 0 Å². The predicted octanol–water partition coefficient (Wildman–Crippen LogP) is 3.51. The molecule has 1 saturated carbocycles. The van der Waals surface area contributed by atoms with Gasteiger partial charge >= 0.3 is 0 Å². The number of nitrogens with two attached hydrogens (primary N) is 1. The first-order valence-corrected chi connectivity index (χ1v) is 8.20. The Kier molecular flexibility index (Phi) is 3.65. The van der Waals surface area contributed by atoms with Crippen molar-refractivity contribution in [3.05, 3.63) is 5.69 Å². The van der Waals surface area contributed by atoms with E-state index in [1.807, 2.05) is 6.92 Å². The van der Waals surface area contributed by atoms with E-state index in [2.05, 4.69) is 28.5 Å². The molecule has 2 atom stereocenters. The third-order valence-corrected chi connectivity index (χ3v) is 5.11. The van der Waals surface area contributed by atoms with E-state index >= 15 is 0 Å². The largest absolute Gasteiger partial charge is 0.394 e. The van der Waals surface area contributed by atoms with Crippen LogP contribution in [0.2, 0.25) is 0 Å². The molecule has 2 heterocycles. The number of fused-ring (bicyclic) bond motifs is 1. The fourth-order valence-electron chi connectivity index (χ4n) is 4.08. The first kappa shape index (κ1) is 13.8. The molecule has 0 radical (unpaired) electrons. The number of aryl methyl sites for hydroxylation is 1. The summed E-state index contributed by atoms with van der Waals surface area (Å²) in [7, 11) is 0. The van der Waals surface area contributed by atoms with Crippen LogP contribution in [0.1, 0.15) is 64.1 Å². The van der Waals surface area contributed by atoms with Crippen LogP contribution in [0.3, 0.4) is 0 Å². The standard InChI is InChI=1S/C16H28N4/c1-11(2)20-16(15(17)12(3)18-20)19-10-6-8-13-7-4-5-9-14(13)19/h11,13-14H,4-10,17H2,1-3H3. The second kappa shape index (κ2) is 5.30. The molecule has 1 aliphatic heterocycles. The maximum Gasteiger partial charge on any atom is 0.151 e. The Morgan fingerprint density at radius 1 is 1.15 bits per heavy atom.